The van der Waals surface area contributed by atoms with E-state index in [-0.39, 0.29) is 11.6 Å². The lowest BCUT2D eigenvalue weighted by Crippen LogP contribution is -2.21. The molecular weight excluding hydrogens is 325 g/mol. The van der Waals surface area contributed by atoms with Crippen molar-refractivity contribution in [1.29, 1.82) is 0 Å². The summed E-state index contributed by atoms with van der Waals surface area (Å²) in [7, 11) is 0. The highest BCUT2D eigenvalue weighted by Gasteiger charge is 2.32. The molecule has 0 aromatic heterocycles. The van der Waals surface area contributed by atoms with Crippen molar-refractivity contribution in [1.82, 2.24) is 5.32 Å². The van der Waals surface area contributed by atoms with E-state index in [1.807, 2.05) is 30.3 Å². The van der Waals surface area contributed by atoms with Crippen molar-refractivity contribution >= 4 is 28.5 Å². The number of carbonyl (C=O) groups is 1. The van der Waals surface area contributed by atoms with Crippen LogP contribution < -0.4 is 5.32 Å². The van der Waals surface area contributed by atoms with Crippen LogP contribution in [0.25, 0.3) is 0 Å². The Kier molecular flexibility index (Phi) is 4.12. The van der Waals surface area contributed by atoms with Gasteiger partial charge in [-0.05, 0) is 23.8 Å². The van der Waals surface area contributed by atoms with E-state index in [1.165, 1.54) is 23.9 Å². The number of amides is 1. The van der Waals surface area contributed by atoms with Crippen LogP contribution in [0, 0.1) is 0 Å². The van der Waals surface area contributed by atoms with Crippen LogP contribution in [0.5, 0.6) is 0 Å². The molecule has 1 saturated heterocycles. The van der Waals surface area contributed by atoms with Crippen LogP contribution in [-0.4, -0.2) is 11.1 Å². The van der Waals surface area contributed by atoms with E-state index >= 15 is 0 Å². The van der Waals surface area contributed by atoms with Gasteiger partial charge in [-0.2, -0.15) is 13.2 Å². The molecule has 3 rings (SSSR count). The molecule has 1 unspecified atom stereocenters. The summed E-state index contributed by atoms with van der Waals surface area (Å²) in [5, 5.41) is 2.45. The topological polar surface area (TPSA) is 41.5 Å². The predicted molar refractivity (Wildman–Crippen MR) is 83.5 cm³/mol. The summed E-state index contributed by atoms with van der Waals surface area (Å²) in [4.78, 5) is 16.1. The van der Waals surface area contributed by atoms with Crippen molar-refractivity contribution in [3.63, 3.8) is 0 Å². The molecule has 3 nitrogen and oxygen atoms in total. The third-order valence-electron chi connectivity index (χ3n) is 3.20. The van der Waals surface area contributed by atoms with Crippen molar-refractivity contribution in [2.24, 2.45) is 4.99 Å². The van der Waals surface area contributed by atoms with E-state index in [1.54, 1.807) is 0 Å². The highest BCUT2D eigenvalue weighted by molar-refractivity contribution is 8.15. The zero-order chi connectivity index (χ0) is 16.4. The Morgan fingerprint density at radius 1 is 1.04 bits per heavy atom. The molecule has 1 amide bonds. The minimum Gasteiger partial charge on any atom is -0.304 e. The Bertz CT molecular complexity index is 759. The third kappa shape index (κ3) is 3.56. The number of alkyl halides is 3. The van der Waals surface area contributed by atoms with Gasteiger partial charge < -0.3 is 5.32 Å². The molecule has 0 spiro atoms. The maximum atomic E-state index is 12.7. The van der Waals surface area contributed by atoms with Crippen LogP contribution in [0.15, 0.2) is 59.6 Å². The Labute approximate surface area is 134 Å². The molecular formula is C16H11F3N2OS. The summed E-state index contributed by atoms with van der Waals surface area (Å²) < 4.78 is 38.1. The summed E-state index contributed by atoms with van der Waals surface area (Å²) in [5.74, 6) is -0.230. The zero-order valence-corrected chi connectivity index (χ0v) is 12.5. The van der Waals surface area contributed by atoms with E-state index in [9.17, 15) is 18.0 Å². The lowest BCUT2D eigenvalue weighted by Gasteiger charge is -2.06. The summed E-state index contributed by atoms with van der Waals surface area (Å²) in [6.07, 6.45) is -4.42. The number of thioether (sulfide) groups is 1. The van der Waals surface area contributed by atoms with E-state index in [4.69, 9.17) is 0 Å². The first-order chi connectivity index (χ1) is 10.9. The zero-order valence-electron chi connectivity index (χ0n) is 11.7. The maximum Gasteiger partial charge on any atom is 0.416 e. The number of aliphatic imine (C=N–C) groups is 1. The van der Waals surface area contributed by atoms with Crippen molar-refractivity contribution in [3.05, 3.63) is 65.7 Å². The molecule has 0 bridgehead atoms. The van der Waals surface area contributed by atoms with Gasteiger partial charge in [0.15, 0.2) is 5.17 Å². The summed E-state index contributed by atoms with van der Waals surface area (Å²) >= 11 is 1.19. The minimum atomic E-state index is -4.42. The minimum absolute atomic E-state index is 0.149. The third-order valence-corrected chi connectivity index (χ3v) is 4.34. The molecule has 7 heteroatoms. The SMILES string of the molecule is O=C1NC(=Nc2cccc(C(F)(F)F)c2)SC1c1ccccc1. The number of hydrogen-bond donors (Lipinski definition) is 1. The van der Waals surface area contributed by atoms with Crippen molar-refractivity contribution in [2.45, 2.75) is 11.4 Å². The molecule has 0 radical (unpaired) electrons. The number of amidine groups is 1. The second-order valence-corrected chi connectivity index (χ2v) is 5.96. The van der Waals surface area contributed by atoms with Gasteiger partial charge in [0, 0.05) is 0 Å². The predicted octanol–water partition coefficient (Wildman–Crippen LogP) is 4.30. The number of rotatable bonds is 2. The monoisotopic (exact) mass is 336 g/mol. The van der Waals surface area contributed by atoms with Crippen molar-refractivity contribution in [3.8, 4) is 0 Å². The van der Waals surface area contributed by atoms with Crippen LogP contribution in [0.4, 0.5) is 18.9 Å². The first-order valence-corrected chi connectivity index (χ1v) is 7.60. The lowest BCUT2D eigenvalue weighted by molar-refractivity contribution is -0.137. The van der Waals surface area contributed by atoms with E-state index in [0.717, 1.165) is 17.7 Å². The Morgan fingerprint density at radius 2 is 1.78 bits per heavy atom. The van der Waals surface area contributed by atoms with Gasteiger partial charge in [-0.15, -0.1) is 0 Å². The first-order valence-electron chi connectivity index (χ1n) is 6.72. The normalized spacial score (nSPS) is 19.9. The molecule has 1 atom stereocenters. The van der Waals surface area contributed by atoms with Gasteiger partial charge in [0.25, 0.3) is 0 Å². The summed E-state index contributed by atoms with van der Waals surface area (Å²) in [6.45, 7) is 0. The fraction of sp³-hybridized carbons (Fsp3) is 0.125. The van der Waals surface area contributed by atoms with Gasteiger partial charge >= 0.3 is 6.18 Å². The van der Waals surface area contributed by atoms with Crippen molar-refractivity contribution in [2.75, 3.05) is 0 Å². The molecule has 2 aromatic rings. The molecule has 23 heavy (non-hydrogen) atoms. The van der Waals surface area contributed by atoms with Gasteiger partial charge in [0.1, 0.15) is 5.25 Å². The highest BCUT2D eigenvalue weighted by atomic mass is 32.2. The van der Waals surface area contributed by atoms with Gasteiger partial charge in [-0.25, -0.2) is 4.99 Å². The maximum absolute atomic E-state index is 12.7. The molecule has 1 N–H and O–H groups in total. The fourth-order valence-corrected chi connectivity index (χ4v) is 3.14. The quantitative estimate of drug-likeness (QED) is 0.888. The number of nitrogens with zero attached hydrogens (tertiary/aromatic N) is 1. The van der Waals surface area contributed by atoms with Gasteiger partial charge in [0.05, 0.1) is 11.3 Å². The smallest absolute Gasteiger partial charge is 0.304 e. The Hall–Kier alpha value is -2.28. The number of benzene rings is 2. The van der Waals surface area contributed by atoms with Gasteiger partial charge in [-0.1, -0.05) is 48.2 Å². The van der Waals surface area contributed by atoms with Crippen LogP contribution in [0.3, 0.4) is 0 Å². The standard InChI is InChI=1S/C16H11F3N2OS/c17-16(18,19)11-7-4-8-12(9-11)20-15-21-14(22)13(23-15)10-5-2-1-3-6-10/h1-9,13H,(H,20,21,22). The van der Waals surface area contributed by atoms with Gasteiger partial charge in [-0.3, -0.25) is 4.79 Å². The number of halogens is 3. The number of hydrogen-bond acceptors (Lipinski definition) is 3. The molecule has 118 valence electrons. The van der Waals surface area contributed by atoms with Crippen LogP contribution >= 0.6 is 11.8 Å². The molecule has 1 fully saturated rings. The van der Waals surface area contributed by atoms with Gasteiger partial charge in [0.2, 0.25) is 5.91 Å². The second kappa shape index (κ2) is 6.08. The molecule has 1 aliphatic rings. The number of nitrogens with one attached hydrogen (secondary N) is 1. The number of carbonyl (C=O) groups excluding carboxylic acids is 1. The first kappa shape index (κ1) is 15.6. The summed E-state index contributed by atoms with van der Waals surface area (Å²) in [5.41, 5.74) is 0.203. The molecule has 0 saturated carbocycles. The Balaban J connectivity index is 1.84. The fourth-order valence-electron chi connectivity index (χ4n) is 2.14. The molecule has 1 aliphatic heterocycles. The van der Waals surface area contributed by atoms with Crippen LogP contribution in [-0.2, 0) is 11.0 Å². The Morgan fingerprint density at radius 3 is 2.48 bits per heavy atom. The van der Waals surface area contributed by atoms with E-state index in [0.29, 0.717) is 5.17 Å². The van der Waals surface area contributed by atoms with E-state index < -0.39 is 17.0 Å². The highest BCUT2D eigenvalue weighted by Crippen LogP contribution is 2.36. The molecule has 0 aliphatic carbocycles. The average Bonchev–Trinajstić information content (AvgIpc) is 2.88. The van der Waals surface area contributed by atoms with Crippen LogP contribution in [0.2, 0.25) is 0 Å². The molecule has 2 aromatic carbocycles. The molecule has 1 heterocycles. The van der Waals surface area contributed by atoms with Crippen molar-refractivity contribution < 1.29 is 18.0 Å². The lowest BCUT2D eigenvalue weighted by atomic mass is 10.1. The largest absolute Gasteiger partial charge is 0.416 e. The average molecular weight is 336 g/mol. The summed E-state index contributed by atoms with van der Waals surface area (Å²) in [6, 6.07) is 13.8. The van der Waals surface area contributed by atoms with Crippen LogP contribution in [0.1, 0.15) is 16.4 Å². The van der Waals surface area contributed by atoms with E-state index in [2.05, 4.69) is 10.3 Å². The second-order valence-electron chi connectivity index (χ2n) is 4.86.